The van der Waals surface area contributed by atoms with Gasteiger partial charge in [-0.1, -0.05) is 35.3 Å². The first-order valence-electron chi connectivity index (χ1n) is 8.02. The molecule has 3 rings (SSSR count). The lowest BCUT2D eigenvalue weighted by Crippen LogP contribution is -2.34. The van der Waals surface area contributed by atoms with E-state index < -0.39 is 17.8 Å². The molecule has 8 heteroatoms. The lowest BCUT2D eigenvalue weighted by atomic mass is 10.2. The Labute approximate surface area is 170 Å². The summed E-state index contributed by atoms with van der Waals surface area (Å²) in [7, 11) is 0. The minimum Gasteiger partial charge on any atom is -0.456 e. The zero-order chi connectivity index (χ0) is 20.1. The second-order valence-electron chi connectivity index (χ2n) is 5.59. The fraction of sp³-hybridized carbons (Fsp3) is 0. The number of amides is 3. The second-order valence-corrected chi connectivity index (χ2v) is 6.43. The number of imide groups is 1. The number of carbonyl (C=O) groups is 2. The zero-order valence-electron chi connectivity index (χ0n) is 14.2. The van der Waals surface area contributed by atoms with Crippen molar-refractivity contribution in [1.29, 1.82) is 0 Å². The predicted octanol–water partition coefficient (Wildman–Crippen LogP) is 5.89. The molecule has 2 N–H and O–H groups in total. The molecule has 0 aliphatic carbocycles. The van der Waals surface area contributed by atoms with Crippen LogP contribution >= 0.6 is 23.2 Å². The van der Waals surface area contributed by atoms with Crippen LogP contribution in [0.15, 0.2) is 66.7 Å². The maximum Gasteiger partial charge on any atom is 0.326 e. The van der Waals surface area contributed by atoms with Crippen LogP contribution in [0.1, 0.15) is 10.4 Å². The summed E-state index contributed by atoms with van der Waals surface area (Å²) in [5.41, 5.74) is 0.0923. The summed E-state index contributed by atoms with van der Waals surface area (Å²) in [6, 6.07) is 15.8. The van der Waals surface area contributed by atoms with Crippen LogP contribution in [-0.4, -0.2) is 11.9 Å². The maximum absolute atomic E-state index is 13.6. The highest BCUT2D eigenvalue weighted by Gasteiger charge is 2.14. The molecule has 0 aromatic heterocycles. The van der Waals surface area contributed by atoms with E-state index in [-0.39, 0.29) is 10.6 Å². The van der Waals surface area contributed by atoms with Crippen molar-refractivity contribution in [3.8, 4) is 11.5 Å². The molecular weight excluding hydrogens is 406 g/mol. The second kappa shape index (κ2) is 8.73. The number of hydrogen-bond donors (Lipinski definition) is 2. The van der Waals surface area contributed by atoms with E-state index in [1.54, 1.807) is 36.4 Å². The molecule has 0 fully saturated rings. The Bertz CT molecular complexity index is 1030. The predicted molar refractivity (Wildman–Crippen MR) is 106 cm³/mol. The first-order chi connectivity index (χ1) is 13.4. The van der Waals surface area contributed by atoms with Gasteiger partial charge in [-0.3, -0.25) is 10.1 Å². The molecule has 142 valence electrons. The minimum absolute atomic E-state index is 0.234. The van der Waals surface area contributed by atoms with E-state index in [1.807, 2.05) is 5.32 Å². The van der Waals surface area contributed by atoms with Crippen LogP contribution in [0.4, 0.5) is 14.9 Å². The Morgan fingerprint density at radius 3 is 2.32 bits per heavy atom. The highest BCUT2D eigenvalue weighted by molar-refractivity contribution is 6.32. The number of carbonyl (C=O) groups excluding carboxylic acids is 2. The van der Waals surface area contributed by atoms with Gasteiger partial charge in [0.1, 0.15) is 17.3 Å². The van der Waals surface area contributed by atoms with Gasteiger partial charge >= 0.3 is 6.03 Å². The van der Waals surface area contributed by atoms with Crippen LogP contribution in [0.5, 0.6) is 11.5 Å². The molecule has 3 aromatic carbocycles. The van der Waals surface area contributed by atoms with Crippen molar-refractivity contribution < 1.29 is 18.7 Å². The number of hydrogen-bond acceptors (Lipinski definition) is 3. The highest BCUT2D eigenvalue weighted by Crippen LogP contribution is 2.32. The summed E-state index contributed by atoms with van der Waals surface area (Å²) in [6.45, 7) is 0. The van der Waals surface area contributed by atoms with Crippen LogP contribution < -0.4 is 15.4 Å². The van der Waals surface area contributed by atoms with Crippen molar-refractivity contribution in [2.24, 2.45) is 0 Å². The molecule has 0 heterocycles. The summed E-state index contributed by atoms with van der Waals surface area (Å²) < 4.78 is 19.2. The molecule has 0 spiro atoms. The number of urea groups is 1. The lowest BCUT2D eigenvalue weighted by Gasteiger charge is -2.11. The Morgan fingerprint density at radius 2 is 1.64 bits per heavy atom. The topological polar surface area (TPSA) is 67.4 Å². The molecule has 0 saturated carbocycles. The quantitative estimate of drug-likeness (QED) is 0.555. The molecule has 0 aliphatic heterocycles. The first-order valence-corrected chi connectivity index (χ1v) is 8.78. The van der Waals surface area contributed by atoms with Gasteiger partial charge in [-0.05, 0) is 54.6 Å². The summed E-state index contributed by atoms with van der Waals surface area (Å²) in [5.74, 6) is -0.665. The van der Waals surface area contributed by atoms with E-state index in [4.69, 9.17) is 27.9 Å². The number of rotatable bonds is 4. The molecular formula is C20H13Cl2FN2O3. The van der Waals surface area contributed by atoms with E-state index in [1.165, 1.54) is 24.3 Å². The van der Waals surface area contributed by atoms with E-state index in [0.717, 1.165) is 6.07 Å². The molecule has 3 amide bonds. The van der Waals surface area contributed by atoms with Crippen LogP contribution in [0.25, 0.3) is 0 Å². The smallest absolute Gasteiger partial charge is 0.326 e. The van der Waals surface area contributed by atoms with Gasteiger partial charge < -0.3 is 10.1 Å². The number of benzene rings is 3. The molecule has 0 atom stereocenters. The van der Waals surface area contributed by atoms with Crippen molar-refractivity contribution in [2.75, 3.05) is 5.32 Å². The first kappa shape index (κ1) is 19.7. The van der Waals surface area contributed by atoms with Crippen LogP contribution in [0.2, 0.25) is 10.0 Å². The Balaban J connectivity index is 1.63. The average molecular weight is 419 g/mol. The van der Waals surface area contributed by atoms with E-state index in [2.05, 4.69) is 5.32 Å². The van der Waals surface area contributed by atoms with Gasteiger partial charge in [0.2, 0.25) is 0 Å². The molecule has 28 heavy (non-hydrogen) atoms. The normalized spacial score (nSPS) is 10.2. The van der Waals surface area contributed by atoms with E-state index in [9.17, 15) is 14.0 Å². The summed E-state index contributed by atoms with van der Waals surface area (Å²) in [5, 5.41) is 5.32. The molecule has 0 bridgehead atoms. The molecule has 5 nitrogen and oxygen atoms in total. The SMILES string of the molecule is O=C(NC(=O)c1ccccc1F)Nc1ccc(Oc2ccc(Cl)cc2)c(Cl)c1. The molecule has 0 radical (unpaired) electrons. The zero-order valence-corrected chi connectivity index (χ0v) is 15.7. The van der Waals surface area contributed by atoms with E-state index in [0.29, 0.717) is 22.2 Å². The van der Waals surface area contributed by atoms with Gasteiger partial charge in [0.25, 0.3) is 5.91 Å². The van der Waals surface area contributed by atoms with Gasteiger partial charge in [-0.15, -0.1) is 0 Å². The van der Waals surface area contributed by atoms with Gasteiger partial charge in [-0.25, -0.2) is 9.18 Å². The molecule has 0 unspecified atom stereocenters. The largest absolute Gasteiger partial charge is 0.456 e. The van der Waals surface area contributed by atoms with Crippen molar-refractivity contribution in [1.82, 2.24) is 5.32 Å². The maximum atomic E-state index is 13.6. The number of nitrogens with one attached hydrogen (secondary N) is 2. The van der Waals surface area contributed by atoms with Crippen LogP contribution in [-0.2, 0) is 0 Å². The lowest BCUT2D eigenvalue weighted by molar-refractivity contribution is 0.0963. The van der Waals surface area contributed by atoms with Gasteiger partial charge in [-0.2, -0.15) is 0 Å². The van der Waals surface area contributed by atoms with Crippen molar-refractivity contribution >= 4 is 40.8 Å². The van der Waals surface area contributed by atoms with Crippen LogP contribution in [0, 0.1) is 5.82 Å². The fourth-order valence-corrected chi connectivity index (χ4v) is 2.61. The van der Waals surface area contributed by atoms with Crippen molar-refractivity contribution in [3.63, 3.8) is 0 Å². The summed E-state index contributed by atoms with van der Waals surface area (Å²) in [4.78, 5) is 23.9. The van der Waals surface area contributed by atoms with Gasteiger partial charge in [0.15, 0.2) is 0 Å². The highest BCUT2D eigenvalue weighted by atomic mass is 35.5. The third-order valence-electron chi connectivity index (χ3n) is 3.58. The van der Waals surface area contributed by atoms with E-state index >= 15 is 0 Å². The Hall–Kier alpha value is -3.09. The number of halogens is 3. The average Bonchev–Trinajstić information content (AvgIpc) is 2.66. The van der Waals surface area contributed by atoms with Gasteiger partial charge in [0, 0.05) is 10.7 Å². The monoisotopic (exact) mass is 418 g/mol. The molecule has 3 aromatic rings. The minimum atomic E-state index is -0.857. The number of ether oxygens (including phenoxy) is 1. The third kappa shape index (κ3) is 5.00. The summed E-state index contributed by atoms with van der Waals surface area (Å²) >= 11 is 12.0. The Morgan fingerprint density at radius 1 is 0.929 bits per heavy atom. The standard InChI is InChI=1S/C20H13Cl2FN2O3/c21-12-5-8-14(9-6-12)28-18-10-7-13(11-16(18)22)24-20(27)25-19(26)15-3-1-2-4-17(15)23/h1-11H,(H2,24,25,26,27). The summed E-state index contributed by atoms with van der Waals surface area (Å²) in [6.07, 6.45) is 0. The Kier molecular flexibility index (Phi) is 6.13. The molecule has 0 saturated heterocycles. The van der Waals surface area contributed by atoms with Gasteiger partial charge in [0.05, 0.1) is 10.6 Å². The van der Waals surface area contributed by atoms with Crippen LogP contribution in [0.3, 0.4) is 0 Å². The third-order valence-corrected chi connectivity index (χ3v) is 4.12. The molecule has 0 aliphatic rings. The van der Waals surface area contributed by atoms with Crippen molar-refractivity contribution in [3.05, 3.63) is 88.2 Å². The van der Waals surface area contributed by atoms with Crippen molar-refractivity contribution in [2.45, 2.75) is 0 Å². The fourth-order valence-electron chi connectivity index (χ4n) is 2.27. The number of anilines is 1.